The Bertz CT molecular complexity index is 361. The lowest BCUT2D eigenvalue weighted by Crippen LogP contribution is -2.28. The summed E-state index contributed by atoms with van der Waals surface area (Å²) in [7, 11) is -1.79. The fourth-order valence-electron chi connectivity index (χ4n) is 3.40. The molecule has 0 saturated carbocycles. The maximum atomic E-state index is 5.49. The van der Waals surface area contributed by atoms with E-state index in [4.69, 9.17) is 13.3 Å². The second-order valence-electron chi connectivity index (χ2n) is 7.56. The molecule has 27 heavy (non-hydrogen) atoms. The summed E-state index contributed by atoms with van der Waals surface area (Å²) in [5.74, 6) is 0. The van der Waals surface area contributed by atoms with Crippen molar-refractivity contribution in [2.75, 3.05) is 19.8 Å². The molecule has 0 aromatic heterocycles. The van der Waals surface area contributed by atoms with Gasteiger partial charge in [-0.05, 0) is 81.8 Å². The van der Waals surface area contributed by atoms with E-state index in [1.54, 1.807) is 11.1 Å². The molecule has 0 radical (unpaired) electrons. The van der Waals surface area contributed by atoms with Gasteiger partial charge in [-0.2, -0.15) is 0 Å². The minimum atomic E-state index is -1.79. The zero-order chi connectivity index (χ0) is 19.6. The molecule has 2 rings (SSSR count). The van der Waals surface area contributed by atoms with Crippen LogP contribution in [0.15, 0.2) is 23.3 Å². The number of allylic oxidation sites excluding steroid dienone is 4. The normalized spacial score (nSPS) is 18.1. The van der Waals surface area contributed by atoms with Gasteiger partial charge in [0, 0.05) is 19.8 Å². The lowest BCUT2D eigenvalue weighted by Gasteiger charge is -2.15. The van der Waals surface area contributed by atoms with E-state index >= 15 is 0 Å². The Morgan fingerprint density at radius 1 is 0.630 bits per heavy atom. The largest absolute Gasteiger partial charge is 0.484 e. The Kier molecular flexibility index (Phi) is 16.1. The second-order valence-corrected chi connectivity index (χ2v) is 9.14. The quantitative estimate of drug-likeness (QED) is 0.382. The lowest BCUT2D eigenvalue weighted by atomic mass is 9.97. The van der Waals surface area contributed by atoms with Crippen molar-refractivity contribution in [3.8, 4) is 0 Å². The van der Waals surface area contributed by atoms with Crippen LogP contribution in [-0.2, 0) is 13.3 Å². The minimum Gasteiger partial charge on any atom is -0.376 e. The van der Waals surface area contributed by atoms with Crippen LogP contribution >= 0.6 is 0 Å². The van der Waals surface area contributed by atoms with Crippen molar-refractivity contribution in [3.63, 3.8) is 0 Å². The molecule has 0 saturated heterocycles. The summed E-state index contributed by atoms with van der Waals surface area (Å²) >= 11 is 0. The van der Waals surface area contributed by atoms with E-state index < -0.39 is 9.53 Å². The molecule has 2 aliphatic rings. The first kappa shape index (κ1) is 24.6. The molecule has 3 nitrogen and oxygen atoms in total. The first-order valence-corrected chi connectivity index (χ1v) is 13.0. The summed E-state index contributed by atoms with van der Waals surface area (Å²) in [6.07, 6.45) is 22.0. The van der Waals surface area contributed by atoms with E-state index in [1.165, 1.54) is 64.2 Å². The predicted molar refractivity (Wildman–Crippen MR) is 118 cm³/mol. The van der Waals surface area contributed by atoms with Crippen LogP contribution in [0.2, 0.25) is 0 Å². The van der Waals surface area contributed by atoms with Gasteiger partial charge in [-0.3, -0.25) is 0 Å². The maximum Gasteiger partial charge on any atom is 0.484 e. The van der Waals surface area contributed by atoms with Crippen molar-refractivity contribution < 1.29 is 13.3 Å². The number of hydrogen-bond donors (Lipinski definition) is 0. The van der Waals surface area contributed by atoms with Crippen LogP contribution in [-0.4, -0.2) is 29.3 Å². The van der Waals surface area contributed by atoms with Crippen molar-refractivity contribution >= 4 is 9.53 Å². The van der Waals surface area contributed by atoms with Gasteiger partial charge in [-0.1, -0.05) is 45.8 Å². The lowest BCUT2D eigenvalue weighted by molar-refractivity contribution is 0.0933. The molecule has 4 heteroatoms. The Balaban J connectivity index is 0.000000271. The maximum absolute atomic E-state index is 5.49. The van der Waals surface area contributed by atoms with Gasteiger partial charge in [-0.15, -0.1) is 0 Å². The SMILES string of the molecule is C1=C(C2=CCCCCC2)CCCCC1.CCCO[SiH](OCCC)OCCC. The van der Waals surface area contributed by atoms with Gasteiger partial charge >= 0.3 is 9.53 Å². The summed E-state index contributed by atoms with van der Waals surface area (Å²) < 4.78 is 16.5. The summed E-state index contributed by atoms with van der Waals surface area (Å²) in [5.41, 5.74) is 3.40. The van der Waals surface area contributed by atoms with Crippen molar-refractivity contribution in [3.05, 3.63) is 23.3 Å². The first-order valence-electron chi connectivity index (χ1n) is 11.5. The van der Waals surface area contributed by atoms with Crippen LogP contribution in [0.3, 0.4) is 0 Å². The Labute approximate surface area is 170 Å². The average Bonchev–Trinajstić information content (AvgIpc) is 3.13. The molecule has 158 valence electrons. The van der Waals surface area contributed by atoms with Gasteiger partial charge in [0.2, 0.25) is 0 Å². The van der Waals surface area contributed by atoms with Crippen LogP contribution in [0, 0.1) is 0 Å². The summed E-state index contributed by atoms with van der Waals surface area (Å²) in [5, 5.41) is 0. The van der Waals surface area contributed by atoms with Crippen molar-refractivity contribution in [1.29, 1.82) is 0 Å². The topological polar surface area (TPSA) is 27.7 Å². The molecule has 0 heterocycles. The molecule has 0 amide bonds. The molecule has 0 fully saturated rings. The number of rotatable bonds is 10. The molecule has 0 bridgehead atoms. The zero-order valence-corrected chi connectivity index (χ0v) is 19.4. The molecule has 0 aromatic carbocycles. The van der Waals surface area contributed by atoms with Crippen LogP contribution in [0.4, 0.5) is 0 Å². The van der Waals surface area contributed by atoms with E-state index in [-0.39, 0.29) is 0 Å². The van der Waals surface area contributed by atoms with E-state index in [2.05, 4.69) is 32.9 Å². The van der Waals surface area contributed by atoms with Crippen LogP contribution in [0.5, 0.6) is 0 Å². The summed E-state index contributed by atoms with van der Waals surface area (Å²) in [6.45, 7) is 8.53. The van der Waals surface area contributed by atoms with Crippen LogP contribution in [0.1, 0.15) is 104 Å². The van der Waals surface area contributed by atoms with Gasteiger partial charge in [0.25, 0.3) is 0 Å². The Morgan fingerprint density at radius 2 is 1.04 bits per heavy atom. The molecule has 0 aliphatic heterocycles. The highest BCUT2D eigenvalue weighted by Gasteiger charge is 2.13. The smallest absolute Gasteiger partial charge is 0.376 e. The fraction of sp³-hybridized carbons (Fsp3) is 0.826. The molecule has 0 atom stereocenters. The first-order chi connectivity index (χ1) is 13.3. The van der Waals surface area contributed by atoms with E-state index in [9.17, 15) is 0 Å². The molecule has 2 aliphatic carbocycles. The average molecular weight is 397 g/mol. The Hall–Kier alpha value is -0.423. The molecule has 0 aromatic rings. The second kappa shape index (κ2) is 17.7. The van der Waals surface area contributed by atoms with E-state index in [1.807, 2.05) is 0 Å². The molecular formula is C23H44O3Si. The number of hydrogen-bond acceptors (Lipinski definition) is 3. The Morgan fingerprint density at radius 3 is 1.41 bits per heavy atom. The highest BCUT2D eigenvalue weighted by molar-refractivity contribution is 6.36. The monoisotopic (exact) mass is 396 g/mol. The minimum absolute atomic E-state index is 0.754. The van der Waals surface area contributed by atoms with E-state index in [0.717, 1.165) is 39.1 Å². The fourth-order valence-corrected chi connectivity index (χ4v) is 4.97. The van der Waals surface area contributed by atoms with Crippen molar-refractivity contribution in [2.45, 2.75) is 104 Å². The van der Waals surface area contributed by atoms with Gasteiger partial charge < -0.3 is 13.3 Å². The van der Waals surface area contributed by atoms with Crippen LogP contribution < -0.4 is 0 Å². The third-order valence-corrected chi connectivity index (χ3v) is 6.39. The van der Waals surface area contributed by atoms with Gasteiger partial charge in [0.05, 0.1) is 0 Å². The van der Waals surface area contributed by atoms with Gasteiger partial charge in [0.1, 0.15) is 0 Å². The molecule has 0 spiro atoms. The standard InChI is InChI=1S/C14H22.C9H22O3Si/c1-2-6-10-13(9-5-1)14-11-7-3-4-8-12-14;1-4-7-10-13(11-8-5-2)12-9-6-3/h9,11H,1-8,10,12H2;13H,4-9H2,1-3H3. The zero-order valence-electron chi connectivity index (χ0n) is 18.3. The van der Waals surface area contributed by atoms with Crippen molar-refractivity contribution in [1.82, 2.24) is 0 Å². The third kappa shape index (κ3) is 12.6. The van der Waals surface area contributed by atoms with Crippen molar-refractivity contribution in [2.24, 2.45) is 0 Å². The summed E-state index contributed by atoms with van der Waals surface area (Å²) in [4.78, 5) is 0. The van der Waals surface area contributed by atoms with E-state index in [0.29, 0.717) is 0 Å². The highest BCUT2D eigenvalue weighted by atomic mass is 28.3. The molecule has 0 N–H and O–H groups in total. The molecular weight excluding hydrogens is 352 g/mol. The predicted octanol–water partition coefficient (Wildman–Crippen LogP) is 6.75. The highest BCUT2D eigenvalue weighted by Crippen LogP contribution is 2.29. The van der Waals surface area contributed by atoms with Crippen LogP contribution in [0.25, 0.3) is 0 Å². The summed E-state index contributed by atoms with van der Waals surface area (Å²) in [6, 6.07) is 0. The van der Waals surface area contributed by atoms with Gasteiger partial charge in [-0.25, -0.2) is 0 Å². The van der Waals surface area contributed by atoms with Gasteiger partial charge in [0.15, 0.2) is 0 Å². The molecule has 0 unspecified atom stereocenters. The third-order valence-electron chi connectivity index (χ3n) is 4.87.